The van der Waals surface area contributed by atoms with Crippen LogP contribution in [0.5, 0.6) is 5.75 Å². The summed E-state index contributed by atoms with van der Waals surface area (Å²) in [5, 5.41) is 10.9. The Bertz CT molecular complexity index is 758. The smallest absolute Gasteiger partial charge is 0.297 e. The number of aromatic nitrogens is 2. The van der Waals surface area contributed by atoms with E-state index >= 15 is 0 Å². The summed E-state index contributed by atoms with van der Waals surface area (Å²) in [6.07, 6.45) is 1.28. The zero-order valence-corrected chi connectivity index (χ0v) is 12.1. The molecule has 0 saturated heterocycles. The first kappa shape index (κ1) is 15.0. The molecule has 0 aliphatic rings. The van der Waals surface area contributed by atoms with Crippen LogP contribution in [-0.2, 0) is 6.54 Å². The average Bonchev–Trinajstić information content (AvgIpc) is 2.44. The van der Waals surface area contributed by atoms with Gasteiger partial charge in [-0.1, -0.05) is 23.7 Å². The molecule has 0 bridgehead atoms. The Morgan fingerprint density at radius 3 is 2.81 bits per heavy atom. The molecule has 21 heavy (non-hydrogen) atoms. The highest BCUT2D eigenvalue weighted by molar-refractivity contribution is 6.30. The van der Waals surface area contributed by atoms with Crippen molar-refractivity contribution in [3.63, 3.8) is 0 Å². The lowest BCUT2D eigenvalue weighted by Crippen LogP contribution is -2.23. The number of hydrogen-bond acceptors (Lipinski definition) is 5. The van der Waals surface area contributed by atoms with Crippen molar-refractivity contribution in [1.82, 2.24) is 9.55 Å². The predicted octanol–water partition coefficient (Wildman–Crippen LogP) is 2.17. The van der Waals surface area contributed by atoms with Gasteiger partial charge in [0.25, 0.3) is 11.2 Å². The predicted molar refractivity (Wildman–Crippen MR) is 77.0 cm³/mol. The number of ether oxygens (including phenoxy) is 1. The second-order valence-corrected chi connectivity index (χ2v) is 4.68. The molecular weight excluding hydrogens is 298 g/mol. The van der Waals surface area contributed by atoms with Crippen molar-refractivity contribution in [2.75, 3.05) is 7.11 Å². The summed E-state index contributed by atoms with van der Waals surface area (Å²) in [5.74, 6) is -0.0535. The Balaban J connectivity index is 2.47. The van der Waals surface area contributed by atoms with E-state index in [9.17, 15) is 14.9 Å². The van der Waals surface area contributed by atoms with Crippen LogP contribution < -0.4 is 10.3 Å². The van der Waals surface area contributed by atoms with E-state index in [1.165, 1.54) is 24.1 Å². The van der Waals surface area contributed by atoms with Gasteiger partial charge in [-0.3, -0.25) is 19.5 Å². The molecule has 1 aromatic heterocycles. The third-order valence-electron chi connectivity index (χ3n) is 3.11. The lowest BCUT2D eigenvalue weighted by atomic mass is 10.1. The molecule has 0 spiro atoms. The van der Waals surface area contributed by atoms with E-state index in [2.05, 4.69) is 4.98 Å². The topological polar surface area (TPSA) is 87.3 Å². The minimum absolute atomic E-state index is 0.00874. The Hall–Kier alpha value is -2.41. The fraction of sp³-hybridized carbons (Fsp3) is 0.231. The average molecular weight is 310 g/mol. The van der Waals surface area contributed by atoms with Gasteiger partial charge in [-0.2, -0.15) is 0 Å². The van der Waals surface area contributed by atoms with Gasteiger partial charge >= 0.3 is 0 Å². The molecule has 7 nitrogen and oxygen atoms in total. The minimum Gasteiger partial charge on any atom is -0.489 e. The van der Waals surface area contributed by atoms with Crippen molar-refractivity contribution in [3.05, 3.63) is 61.3 Å². The SMILES string of the molecule is COc1c(Cl)ncn(Cc2cccc([N+](=O)[O-])c2C)c1=O. The van der Waals surface area contributed by atoms with Gasteiger partial charge in [0.2, 0.25) is 5.75 Å². The molecule has 0 aliphatic carbocycles. The van der Waals surface area contributed by atoms with E-state index < -0.39 is 10.5 Å². The third-order valence-corrected chi connectivity index (χ3v) is 3.38. The van der Waals surface area contributed by atoms with Crippen LogP contribution in [0, 0.1) is 17.0 Å². The third kappa shape index (κ3) is 2.87. The molecule has 0 unspecified atom stereocenters. The molecule has 2 aromatic rings. The number of nitrogens with zero attached hydrogens (tertiary/aromatic N) is 3. The van der Waals surface area contributed by atoms with E-state index in [1.54, 1.807) is 19.1 Å². The Morgan fingerprint density at radius 1 is 1.48 bits per heavy atom. The number of hydrogen-bond donors (Lipinski definition) is 0. The van der Waals surface area contributed by atoms with Crippen molar-refractivity contribution in [2.45, 2.75) is 13.5 Å². The van der Waals surface area contributed by atoms with Gasteiger partial charge in [0.15, 0.2) is 5.15 Å². The first-order valence-corrected chi connectivity index (χ1v) is 6.35. The van der Waals surface area contributed by atoms with Crippen LogP contribution in [0.25, 0.3) is 0 Å². The Morgan fingerprint density at radius 2 is 2.19 bits per heavy atom. The second-order valence-electron chi connectivity index (χ2n) is 4.32. The molecule has 0 N–H and O–H groups in total. The molecule has 0 amide bonds. The highest BCUT2D eigenvalue weighted by Crippen LogP contribution is 2.22. The highest BCUT2D eigenvalue weighted by atomic mass is 35.5. The number of nitro benzene ring substituents is 1. The first-order chi connectivity index (χ1) is 9.95. The van der Waals surface area contributed by atoms with Crippen LogP contribution in [0.15, 0.2) is 29.3 Å². The zero-order valence-electron chi connectivity index (χ0n) is 11.4. The van der Waals surface area contributed by atoms with Crippen molar-refractivity contribution in [2.24, 2.45) is 0 Å². The first-order valence-electron chi connectivity index (χ1n) is 5.97. The molecular formula is C13H12ClN3O4. The molecule has 2 rings (SSSR count). The summed E-state index contributed by atoms with van der Waals surface area (Å²) in [6, 6.07) is 4.71. The van der Waals surface area contributed by atoms with Crippen molar-refractivity contribution >= 4 is 17.3 Å². The van der Waals surface area contributed by atoms with Gasteiger partial charge in [-0.05, 0) is 12.5 Å². The largest absolute Gasteiger partial charge is 0.489 e. The van der Waals surface area contributed by atoms with Crippen LogP contribution in [-0.4, -0.2) is 21.6 Å². The van der Waals surface area contributed by atoms with Crippen LogP contribution in [0.4, 0.5) is 5.69 Å². The quantitative estimate of drug-likeness (QED) is 0.490. The van der Waals surface area contributed by atoms with Crippen molar-refractivity contribution in [1.29, 1.82) is 0 Å². The summed E-state index contributed by atoms with van der Waals surface area (Å²) >= 11 is 5.76. The van der Waals surface area contributed by atoms with E-state index in [1.807, 2.05) is 0 Å². The Kier molecular flexibility index (Phi) is 4.23. The summed E-state index contributed by atoms with van der Waals surface area (Å²) in [7, 11) is 1.33. The lowest BCUT2D eigenvalue weighted by Gasteiger charge is -2.10. The second kappa shape index (κ2) is 5.92. The minimum atomic E-state index is -0.456. The molecule has 0 saturated carbocycles. The number of halogens is 1. The van der Waals surface area contributed by atoms with Crippen LogP contribution in [0.3, 0.4) is 0 Å². The van der Waals surface area contributed by atoms with Crippen molar-refractivity contribution < 1.29 is 9.66 Å². The van der Waals surface area contributed by atoms with E-state index in [0.29, 0.717) is 11.1 Å². The molecule has 8 heteroatoms. The number of nitro groups is 1. The molecule has 110 valence electrons. The standard InChI is InChI=1S/C13H12ClN3O4/c1-8-9(4-3-5-10(8)17(19)20)6-16-7-15-12(14)11(21-2)13(16)18/h3-5,7H,6H2,1-2H3. The van der Waals surface area contributed by atoms with Gasteiger partial charge in [0.1, 0.15) is 0 Å². The van der Waals surface area contributed by atoms with Crippen LogP contribution in [0.1, 0.15) is 11.1 Å². The molecule has 0 aliphatic heterocycles. The van der Waals surface area contributed by atoms with Crippen molar-refractivity contribution in [3.8, 4) is 5.75 Å². The zero-order chi connectivity index (χ0) is 15.6. The van der Waals surface area contributed by atoms with E-state index in [4.69, 9.17) is 16.3 Å². The number of benzene rings is 1. The maximum absolute atomic E-state index is 12.1. The fourth-order valence-corrected chi connectivity index (χ4v) is 2.16. The normalized spacial score (nSPS) is 10.4. The summed E-state index contributed by atoms with van der Waals surface area (Å²) in [5.41, 5.74) is 0.721. The number of rotatable bonds is 4. The maximum atomic E-state index is 12.1. The van der Waals surface area contributed by atoms with E-state index in [-0.39, 0.29) is 23.1 Å². The van der Waals surface area contributed by atoms with Gasteiger partial charge < -0.3 is 4.74 Å². The van der Waals surface area contributed by atoms with E-state index in [0.717, 1.165) is 0 Å². The van der Waals surface area contributed by atoms with Crippen LogP contribution in [0.2, 0.25) is 5.15 Å². The monoisotopic (exact) mass is 309 g/mol. The number of methoxy groups -OCH3 is 1. The summed E-state index contributed by atoms with van der Waals surface area (Å²) in [4.78, 5) is 26.5. The molecule has 1 aromatic carbocycles. The lowest BCUT2D eigenvalue weighted by molar-refractivity contribution is -0.385. The van der Waals surface area contributed by atoms with Crippen LogP contribution >= 0.6 is 11.6 Å². The van der Waals surface area contributed by atoms with Gasteiger partial charge in [0.05, 0.1) is 24.9 Å². The molecule has 0 fully saturated rings. The highest BCUT2D eigenvalue weighted by Gasteiger charge is 2.15. The van der Waals surface area contributed by atoms with Gasteiger partial charge in [0, 0.05) is 11.6 Å². The van der Waals surface area contributed by atoms with Gasteiger partial charge in [-0.25, -0.2) is 4.98 Å². The molecule has 0 radical (unpaired) electrons. The molecule has 1 heterocycles. The summed E-state index contributed by atoms with van der Waals surface area (Å²) in [6.45, 7) is 1.78. The van der Waals surface area contributed by atoms with Gasteiger partial charge in [-0.15, -0.1) is 0 Å². The maximum Gasteiger partial charge on any atom is 0.297 e. The fourth-order valence-electron chi connectivity index (χ4n) is 1.96. The Labute approximate surface area is 124 Å². The summed E-state index contributed by atoms with van der Waals surface area (Å²) < 4.78 is 6.20. The molecule has 0 atom stereocenters.